The van der Waals surface area contributed by atoms with Gasteiger partial charge in [-0.2, -0.15) is 0 Å². The van der Waals surface area contributed by atoms with Gasteiger partial charge < -0.3 is 10.6 Å². The topological polar surface area (TPSA) is 41.1 Å². The lowest BCUT2D eigenvalue weighted by Gasteiger charge is -2.08. The SMILES string of the molecule is CNC(=O)CCCC1CCCN1. The smallest absolute Gasteiger partial charge is 0.219 e. The standard InChI is InChI=1S/C9H18N2O/c1-10-9(12)6-2-4-8-5-3-7-11-8/h8,11H,2-7H2,1H3,(H,10,12). The van der Waals surface area contributed by atoms with Crippen LogP contribution in [0.15, 0.2) is 0 Å². The molecule has 0 bridgehead atoms. The Bertz CT molecular complexity index is 141. The first-order valence-electron chi connectivity index (χ1n) is 4.77. The highest BCUT2D eigenvalue weighted by Gasteiger charge is 2.13. The number of hydrogen-bond acceptors (Lipinski definition) is 2. The minimum Gasteiger partial charge on any atom is -0.359 e. The van der Waals surface area contributed by atoms with E-state index in [2.05, 4.69) is 10.6 Å². The van der Waals surface area contributed by atoms with E-state index in [1.165, 1.54) is 12.8 Å². The van der Waals surface area contributed by atoms with Crippen LogP contribution >= 0.6 is 0 Å². The Morgan fingerprint density at radius 3 is 3.08 bits per heavy atom. The van der Waals surface area contributed by atoms with Gasteiger partial charge in [0.2, 0.25) is 5.91 Å². The number of carbonyl (C=O) groups excluding carboxylic acids is 1. The summed E-state index contributed by atoms with van der Waals surface area (Å²) in [6.45, 7) is 1.16. The Kier molecular flexibility index (Phi) is 4.08. The predicted molar refractivity (Wildman–Crippen MR) is 48.9 cm³/mol. The van der Waals surface area contributed by atoms with Gasteiger partial charge in [0, 0.05) is 19.5 Å². The van der Waals surface area contributed by atoms with Crippen LogP contribution in [0.5, 0.6) is 0 Å². The molecule has 1 aliphatic heterocycles. The van der Waals surface area contributed by atoms with E-state index < -0.39 is 0 Å². The van der Waals surface area contributed by atoms with Crippen LogP contribution in [0.4, 0.5) is 0 Å². The third-order valence-corrected chi connectivity index (χ3v) is 2.40. The maximum Gasteiger partial charge on any atom is 0.219 e. The van der Waals surface area contributed by atoms with Crippen LogP contribution in [-0.4, -0.2) is 25.5 Å². The molecule has 12 heavy (non-hydrogen) atoms. The van der Waals surface area contributed by atoms with Gasteiger partial charge in [0.05, 0.1) is 0 Å². The number of rotatable bonds is 4. The highest BCUT2D eigenvalue weighted by atomic mass is 16.1. The molecule has 0 aromatic carbocycles. The maximum atomic E-state index is 10.9. The first kappa shape index (κ1) is 9.52. The Labute approximate surface area is 73.9 Å². The molecule has 0 radical (unpaired) electrons. The van der Waals surface area contributed by atoms with E-state index in [9.17, 15) is 4.79 Å². The molecule has 1 fully saturated rings. The summed E-state index contributed by atoms with van der Waals surface area (Å²) in [7, 11) is 1.69. The molecule has 0 aromatic heterocycles. The average molecular weight is 170 g/mol. The monoisotopic (exact) mass is 170 g/mol. The lowest BCUT2D eigenvalue weighted by Crippen LogP contribution is -2.22. The second-order valence-electron chi connectivity index (χ2n) is 3.36. The molecule has 2 N–H and O–H groups in total. The normalized spacial score (nSPS) is 22.6. The van der Waals surface area contributed by atoms with E-state index in [-0.39, 0.29) is 5.91 Å². The molecule has 1 saturated heterocycles. The lowest BCUT2D eigenvalue weighted by molar-refractivity contribution is -0.120. The molecule has 0 aliphatic carbocycles. The minimum absolute atomic E-state index is 0.160. The van der Waals surface area contributed by atoms with Gasteiger partial charge in [0.1, 0.15) is 0 Å². The Morgan fingerprint density at radius 1 is 1.67 bits per heavy atom. The van der Waals surface area contributed by atoms with Crippen LogP contribution in [0.2, 0.25) is 0 Å². The van der Waals surface area contributed by atoms with Crippen molar-refractivity contribution in [2.45, 2.75) is 38.1 Å². The van der Waals surface area contributed by atoms with Crippen molar-refractivity contribution >= 4 is 5.91 Å². The molecule has 3 heteroatoms. The van der Waals surface area contributed by atoms with Crippen LogP contribution in [-0.2, 0) is 4.79 Å². The van der Waals surface area contributed by atoms with Crippen molar-refractivity contribution in [2.75, 3.05) is 13.6 Å². The van der Waals surface area contributed by atoms with Crippen molar-refractivity contribution in [3.8, 4) is 0 Å². The van der Waals surface area contributed by atoms with E-state index in [4.69, 9.17) is 0 Å². The van der Waals surface area contributed by atoms with Crippen molar-refractivity contribution in [3.63, 3.8) is 0 Å². The summed E-state index contributed by atoms with van der Waals surface area (Å²) >= 11 is 0. The maximum absolute atomic E-state index is 10.9. The summed E-state index contributed by atoms with van der Waals surface area (Å²) < 4.78 is 0. The molecule has 0 aromatic rings. The largest absolute Gasteiger partial charge is 0.359 e. The molecule has 3 nitrogen and oxygen atoms in total. The number of nitrogens with one attached hydrogen (secondary N) is 2. The molecular formula is C9H18N2O. The zero-order valence-corrected chi connectivity index (χ0v) is 7.73. The Morgan fingerprint density at radius 2 is 2.50 bits per heavy atom. The average Bonchev–Trinajstić information content (AvgIpc) is 2.57. The summed E-state index contributed by atoms with van der Waals surface area (Å²) in [4.78, 5) is 10.9. The summed E-state index contributed by atoms with van der Waals surface area (Å²) in [5.74, 6) is 0.160. The molecule has 1 amide bonds. The molecule has 0 saturated carbocycles. The van der Waals surface area contributed by atoms with Gasteiger partial charge in [0.15, 0.2) is 0 Å². The van der Waals surface area contributed by atoms with Gasteiger partial charge in [-0.05, 0) is 32.2 Å². The van der Waals surface area contributed by atoms with Crippen molar-refractivity contribution in [2.24, 2.45) is 0 Å². The van der Waals surface area contributed by atoms with Crippen LogP contribution in [0.3, 0.4) is 0 Å². The van der Waals surface area contributed by atoms with Crippen molar-refractivity contribution < 1.29 is 4.79 Å². The first-order valence-corrected chi connectivity index (χ1v) is 4.77. The zero-order chi connectivity index (χ0) is 8.81. The van der Waals surface area contributed by atoms with E-state index in [1.807, 2.05) is 0 Å². The first-order chi connectivity index (χ1) is 5.83. The fourth-order valence-corrected chi connectivity index (χ4v) is 1.64. The fourth-order valence-electron chi connectivity index (χ4n) is 1.64. The summed E-state index contributed by atoms with van der Waals surface area (Å²) in [5.41, 5.74) is 0. The third-order valence-electron chi connectivity index (χ3n) is 2.40. The van der Waals surface area contributed by atoms with Gasteiger partial charge >= 0.3 is 0 Å². The number of amides is 1. The summed E-state index contributed by atoms with van der Waals surface area (Å²) in [6, 6.07) is 0.676. The third kappa shape index (κ3) is 3.22. The van der Waals surface area contributed by atoms with E-state index in [0.717, 1.165) is 19.4 Å². The highest BCUT2D eigenvalue weighted by Crippen LogP contribution is 2.11. The van der Waals surface area contributed by atoms with E-state index >= 15 is 0 Å². The molecule has 1 unspecified atom stereocenters. The quantitative estimate of drug-likeness (QED) is 0.650. The van der Waals surface area contributed by atoms with Crippen molar-refractivity contribution in [1.29, 1.82) is 0 Å². The zero-order valence-electron chi connectivity index (χ0n) is 7.73. The van der Waals surface area contributed by atoms with Crippen LogP contribution in [0.25, 0.3) is 0 Å². The van der Waals surface area contributed by atoms with Crippen LogP contribution in [0.1, 0.15) is 32.1 Å². The molecular weight excluding hydrogens is 152 g/mol. The summed E-state index contributed by atoms with van der Waals surface area (Å²) in [6.07, 6.45) is 5.41. The van der Waals surface area contributed by atoms with Crippen LogP contribution in [0, 0.1) is 0 Å². The van der Waals surface area contributed by atoms with E-state index in [0.29, 0.717) is 12.5 Å². The van der Waals surface area contributed by atoms with Crippen molar-refractivity contribution in [1.82, 2.24) is 10.6 Å². The summed E-state index contributed by atoms with van der Waals surface area (Å²) in [5, 5.41) is 6.05. The highest BCUT2D eigenvalue weighted by molar-refractivity contribution is 5.75. The molecule has 0 spiro atoms. The second-order valence-corrected chi connectivity index (χ2v) is 3.36. The number of carbonyl (C=O) groups is 1. The van der Waals surface area contributed by atoms with Gasteiger partial charge in [-0.15, -0.1) is 0 Å². The Balaban J connectivity index is 1.97. The predicted octanol–water partition coefficient (Wildman–Crippen LogP) is 0.655. The number of hydrogen-bond donors (Lipinski definition) is 2. The van der Waals surface area contributed by atoms with Gasteiger partial charge in [-0.1, -0.05) is 0 Å². The van der Waals surface area contributed by atoms with Gasteiger partial charge in [-0.3, -0.25) is 4.79 Å². The van der Waals surface area contributed by atoms with Gasteiger partial charge in [0.25, 0.3) is 0 Å². The van der Waals surface area contributed by atoms with Crippen molar-refractivity contribution in [3.05, 3.63) is 0 Å². The Hall–Kier alpha value is -0.570. The minimum atomic E-state index is 0.160. The molecule has 1 rings (SSSR count). The van der Waals surface area contributed by atoms with Gasteiger partial charge in [-0.25, -0.2) is 0 Å². The molecule has 70 valence electrons. The lowest BCUT2D eigenvalue weighted by atomic mass is 10.1. The van der Waals surface area contributed by atoms with Crippen LogP contribution < -0.4 is 10.6 Å². The fraction of sp³-hybridized carbons (Fsp3) is 0.889. The second kappa shape index (κ2) is 5.14. The molecule has 1 aliphatic rings. The molecule has 1 heterocycles. The van der Waals surface area contributed by atoms with E-state index in [1.54, 1.807) is 7.05 Å². The molecule has 1 atom stereocenters.